The Morgan fingerprint density at radius 3 is 2.67 bits per heavy atom. The monoisotopic (exact) mass is 305 g/mol. The maximum atomic E-state index is 10.2. The molecular weight excluding hydrogens is 286 g/mol. The fourth-order valence-corrected chi connectivity index (χ4v) is 2.48. The highest BCUT2D eigenvalue weighted by Gasteiger charge is 2.11. The molecule has 2 rings (SSSR count). The third kappa shape index (κ3) is 3.90. The molecule has 2 aromatic rings. The van der Waals surface area contributed by atoms with Crippen molar-refractivity contribution in [1.82, 2.24) is 5.32 Å². The zero-order valence-corrected chi connectivity index (χ0v) is 13.0. The van der Waals surface area contributed by atoms with Gasteiger partial charge in [-0.2, -0.15) is 0 Å². The van der Waals surface area contributed by atoms with Crippen LogP contribution < -0.4 is 10.1 Å². The van der Waals surface area contributed by atoms with Crippen molar-refractivity contribution in [3.8, 4) is 11.5 Å². The van der Waals surface area contributed by atoms with E-state index in [1.54, 1.807) is 6.07 Å². The van der Waals surface area contributed by atoms with Gasteiger partial charge in [0, 0.05) is 23.2 Å². The molecule has 0 fully saturated rings. The van der Waals surface area contributed by atoms with Crippen LogP contribution in [0.25, 0.3) is 0 Å². The summed E-state index contributed by atoms with van der Waals surface area (Å²) in [6, 6.07) is 13.4. The van der Waals surface area contributed by atoms with Crippen molar-refractivity contribution in [1.29, 1.82) is 0 Å². The normalized spacial score (nSPS) is 12.1. The van der Waals surface area contributed by atoms with Crippen LogP contribution in [0.15, 0.2) is 42.5 Å². The van der Waals surface area contributed by atoms with E-state index in [1.807, 2.05) is 50.2 Å². The van der Waals surface area contributed by atoms with Crippen LogP contribution in [-0.4, -0.2) is 11.7 Å². The van der Waals surface area contributed by atoms with Crippen molar-refractivity contribution in [2.75, 3.05) is 6.61 Å². The summed E-state index contributed by atoms with van der Waals surface area (Å²) in [7, 11) is 0. The van der Waals surface area contributed by atoms with E-state index in [4.69, 9.17) is 16.3 Å². The van der Waals surface area contributed by atoms with Gasteiger partial charge in [0.25, 0.3) is 0 Å². The van der Waals surface area contributed by atoms with Gasteiger partial charge in [0.05, 0.1) is 6.61 Å². The molecule has 0 radical (unpaired) electrons. The number of benzene rings is 2. The van der Waals surface area contributed by atoms with Crippen molar-refractivity contribution >= 4 is 11.6 Å². The zero-order valence-electron chi connectivity index (χ0n) is 12.3. The molecule has 0 unspecified atom stereocenters. The standard InChI is InChI=1S/C17H20ClNO2/c1-3-21-16-10-6-7-13(17(16)20)11-19-12(2)14-8-4-5-9-15(14)18/h4-10,12,19-20H,3,11H2,1-2H3/t12-/m0/s1. The summed E-state index contributed by atoms with van der Waals surface area (Å²) in [5.41, 5.74) is 1.85. The third-order valence-corrected chi connectivity index (χ3v) is 3.70. The molecule has 21 heavy (non-hydrogen) atoms. The van der Waals surface area contributed by atoms with Crippen molar-refractivity contribution in [2.24, 2.45) is 0 Å². The minimum Gasteiger partial charge on any atom is -0.504 e. The zero-order chi connectivity index (χ0) is 15.2. The van der Waals surface area contributed by atoms with E-state index in [-0.39, 0.29) is 11.8 Å². The highest BCUT2D eigenvalue weighted by molar-refractivity contribution is 6.31. The number of phenols is 1. The second-order valence-corrected chi connectivity index (χ2v) is 5.23. The van der Waals surface area contributed by atoms with Gasteiger partial charge in [0.2, 0.25) is 0 Å². The summed E-state index contributed by atoms with van der Waals surface area (Å²) in [6.45, 7) is 5.01. The first-order chi connectivity index (χ1) is 10.1. The van der Waals surface area contributed by atoms with Crippen LogP contribution in [-0.2, 0) is 6.54 Å². The molecule has 0 aliphatic carbocycles. The van der Waals surface area contributed by atoms with Crippen LogP contribution in [0.3, 0.4) is 0 Å². The van der Waals surface area contributed by atoms with Gasteiger partial charge < -0.3 is 15.2 Å². The number of para-hydroxylation sites is 1. The average Bonchev–Trinajstić information content (AvgIpc) is 2.48. The Morgan fingerprint density at radius 2 is 1.95 bits per heavy atom. The quantitative estimate of drug-likeness (QED) is 0.836. The lowest BCUT2D eigenvalue weighted by atomic mass is 10.1. The summed E-state index contributed by atoms with van der Waals surface area (Å²) in [6.07, 6.45) is 0. The number of halogens is 1. The van der Waals surface area contributed by atoms with E-state index in [0.717, 1.165) is 16.1 Å². The SMILES string of the molecule is CCOc1cccc(CN[C@@H](C)c2ccccc2Cl)c1O. The molecule has 0 heterocycles. The van der Waals surface area contributed by atoms with Crippen LogP contribution in [0.5, 0.6) is 11.5 Å². The molecule has 0 aliphatic rings. The average molecular weight is 306 g/mol. The summed E-state index contributed by atoms with van der Waals surface area (Å²) < 4.78 is 5.39. The fraction of sp³-hybridized carbons (Fsp3) is 0.294. The van der Waals surface area contributed by atoms with Gasteiger partial charge in [0.15, 0.2) is 11.5 Å². The predicted molar refractivity (Wildman–Crippen MR) is 86.0 cm³/mol. The maximum Gasteiger partial charge on any atom is 0.162 e. The molecule has 112 valence electrons. The Kier molecular flexibility index (Phi) is 5.48. The first-order valence-corrected chi connectivity index (χ1v) is 7.42. The number of ether oxygens (including phenoxy) is 1. The lowest BCUT2D eigenvalue weighted by molar-refractivity contribution is 0.316. The maximum absolute atomic E-state index is 10.2. The first-order valence-electron chi connectivity index (χ1n) is 7.05. The molecule has 1 atom stereocenters. The molecule has 0 aliphatic heterocycles. The molecule has 0 bridgehead atoms. The summed E-state index contributed by atoms with van der Waals surface area (Å²) in [4.78, 5) is 0. The van der Waals surface area contributed by atoms with Gasteiger partial charge in [-0.1, -0.05) is 41.9 Å². The van der Waals surface area contributed by atoms with E-state index >= 15 is 0 Å². The topological polar surface area (TPSA) is 41.5 Å². The van der Waals surface area contributed by atoms with E-state index < -0.39 is 0 Å². The highest BCUT2D eigenvalue weighted by atomic mass is 35.5. The van der Waals surface area contributed by atoms with E-state index in [1.165, 1.54) is 0 Å². The van der Waals surface area contributed by atoms with Crippen LogP contribution in [0.4, 0.5) is 0 Å². The Bertz CT molecular complexity index is 601. The predicted octanol–water partition coefficient (Wildman–Crippen LogP) is 4.30. The number of aromatic hydroxyl groups is 1. The second-order valence-electron chi connectivity index (χ2n) is 4.82. The van der Waals surface area contributed by atoms with Crippen LogP contribution in [0, 0.1) is 0 Å². The van der Waals surface area contributed by atoms with Gasteiger partial charge in [0.1, 0.15) is 0 Å². The van der Waals surface area contributed by atoms with Gasteiger partial charge >= 0.3 is 0 Å². The van der Waals surface area contributed by atoms with Crippen molar-refractivity contribution in [3.05, 3.63) is 58.6 Å². The number of hydrogen-bond donors (Lipinski definition) is 2. The minimum atomic E-state index is 0.0915. The number of rotatable bonds is 6. The smallest absolute Gasteiger partial charge is 0.162 e. The molecule has 0 saturated heterocycles. The lowest BCUT2D eigenvalue weighted by Crippen LogP contribution is -2.18. The summed E-state index contributed by atoms with van der Waals surface area (Å²) in [5, 5.41) is 14.3. The Labute approximate surface area is 130 Å². The number of hydrogen-bond acceptors (Lipinski definition) is 3. The molecule has 3 nitrogen and oxygen atoms in total. The lowest BCUT2D eigenvalue weighted by Gasteiger charge is -2.17. The second kappa shape index (κ2) is 7.34. The van der Waals surface area contributed by atoms with Crippen LogP contribution >= 0.6 is 11.6 Å². The Morgan fingerprint density at radius 1 is 1.19 bits per heavy atom. The third-order valence-electron chi connectivity index (χ3n) is 3.35. The van der Waals surface area contributed by atoms with Crippen molar-refractivity contribution < 1.29 is 9.84 Å². The van der Waals surface area contributed by atoms with E-state index in [0.29, 0.717) is 18.9 Å². The van der Waals surface area contributed by atoms with Crippen molar-refractivity contribution in [3.63, 3.8) is 0 Å². The highest BCUT2D eigenvalue weighted by Crippen LogP contribution is 2.30. The molecule has 0 aromatic heterocycles. The van der Waals surface area contributed by atoms with Gasteiger partial charge in [-0.05, 0) is 31.5 Å². The molecule has 0 spiro atoms. The number of phenolic OH excluding ortho intramolecular Hbond substituents is 1. The van der Waals surface area contributed by atoms with Crippen LogP contribution in [0.1, 0.15) is 31.0 Å². The molecule has 2 N–H and O–H groups in total. The molecule has 2 aromatic carbocycles. The summed E-state index contributed by atoms with van der Waals surface area (Å²) >= 11 is 6.19. The van der Waals surface area contributed by atoms with Crippen molar-refractivity contribution in [2.45, 2.75) is 26.4 Å². The van der Waals surface area contributed by atoms with E-state index in [9.17, 15) is 5.11 Å². The largest absolute Gasteiger partial charge is 0.504 e. The number of nitrogens with one attached hydrogen (secondary N) is 1. The van der Waals surface area contributed by atoms with Gasteiger partial charge in [-0.25, -0.2) is 0 Å². The van der Waals surface area contributed by atoms with Gasteiger partial charge in [-0.15, -0.1) is 0 Å². The molecule has 0 saturated carbocycles. The first kappa shape index (κ1) is 15.7. The summed E-state index contributed by atoms with van der Waals surface area (Å²) in [5.74, 6) is 0.709. The fourth-order valence-electron chi connectivity index (χ4n) is 2.18. The van der Waals surface area contributed by atoms with Gasteiger partial charge in [-0.3, -0.25) is 0 Å². The Hall–Kier alpha value is -1.71. The van der Waals surface area contributed by atoms with E-state index in [2.05, 4.69) is 5.32 Å². The van der Waals surface area contributed by atoms with Crippen LogP contribution in [0.2, 0.25) is 5.02 Å². The molecule has 0 amide bonds. The minimum absolute atomic E-state index is 0.0915. The Balaban J connectivity index is 2.06. The molecular formula is C17H20ClNO2. The molecule has 4 heteroatoms.